The van der Waals surface area contributed by atoms with Gasteiger partial charge in [-0.15, -0.1) is 0 Å². The van der Waals surface area contributed by atoms with Crippen LogP contribution in [0.25, 0.3) is 0 Å². The Morgan fingerprint density at radius 1 is 1.63 bits per heavy atom. The molecule has 0 amide bonds. The van der Waals surface area contributed by atoms with E-state index in [-0.39, 0.29) is 23.9 Å². The maximum absolute atomic E-state index is 12.1. The Labute approximate surface area is 112 Å². The van der Waals surface area contributed by atoms with Crippen LogP contribution in [0.5, 0.6) is 0 Å². The van der Waals surface area contributed by atoms with Crippen molar-refractivity contribution >= 4 is 15.8 Å². The van der Waals surface area contributed by atoms with Crippen molar-refractivity contribution < 1.29 is 18.3 Å². The van der Waals surface area contributed by atoms with Gasteiger partial charge in [0.15, 0.2) is 5.82 Å². The number of methoxy groups -OCH3 is 1. The number of aryl methyl sites for hydroxylation is 1. The maximum atomic E-state index is 12.1. The van der Waals surface area contributed by atoms with E-state index in [9.17, 15) is 8.42 Å². The second kappa shape index (κ2) is 6.85. The van der Waals surface area contributed by atoms with Crippen LogP contribution >= 0.6 is 0 Å². The highest BCUT2D eigenvalue weighted by Gasteiger charge is 2.24. The van der Waals surface area contributed by atoms with E-state index >= 15 is 0 Å². The smallest absolute Gasteiger partial charge is 0.246 e. The average Bonchev–Trinajstić information content (AvgIpc) is 2.71. The van der Waals surface area contributed by atoms with Crippen molar-refractivity contribution in [1.29, 1.82) is 0 Å². The molecule has 19 heavy (non-hydrogen) atoms. The summed E-state index contributed by atoms with van der Waals surface area (Å²) in [4.78, 5) is -0.0875. The Balaban J connectivity index is 2.93. The number of aliphatic hydroxyl groups is 1. The second-order valence-electron chi connectivity index (χ2n) is 4.10. The van der Waals surface area contributed by atoms with Gasteiger partial charge in [-0.05, 0) is 6.42 Å². The van der Waals surface area contributed by atoms with Crippen LogP contribution < -0.4 is 10.5 Å². The Morgan fingerprint density at radius 2 is 2.32 bits per heavy atom. The first-order chi connectivity index (χ1) is 8.94. The lowest BCUT2D eigenvalue weighted by molar-refractivity contribution is 0.139. The molecule has 0 saturated heterocycles. The van der Waals surface area contributed by atoms with Crippen molar-refractivity contribution in [3.05, 3.63) is 6.20 Å². The van der Waals surface area contributed by atoms with E-state index < -0.39 is 16.1 Å². The molecule has 1 rings (SSSR count). The highest BCUT2D eigenvalue weighted by atomic mass is 32.2. The molecule has 8 nitrogen and oxygen atoms in total. The van der Waals surface area contributed by atoms with Crippen molar-refractivity contribution in [1.82, 2.24) is 14.5 Å². The van der Waals surface area contributed by atoms with Crippen LogP contribution in [0, 0.1) is 0 Å². The Morgan fingerprint density at radius 3 is 2.84 bits per heavy atom. The summed E-state index contributed by atoms with van der Waals surface area (Å²) < 4.78 is 32.8. The summed E-state index contributed by atoms with van der Waals surface area (Å²) in [6.45, 7) is 2.24. The number of aromatic nitrogens is 2. The summed E-state index contributed by atoms with van der Waals surface area (Å²) in [5.41, 5.74) is 5.60. The van der Waals surface area contributed by atoms with E-state index in [1.54, 1.807) is 0 Å². The van der Waals surface area contributed by atoms with Gasteiger partial charge < -0.3 is 15.6 Å². The molecule has 1 aromatic rings. The Bertz CT molecular complexity index is 500. The molecule has 0 aliphatic carbocycles. The zero-order valence-electron chi connectivity index (χ0n) is 11.0. The summed E-state index contributed by atoms with van der Waals surface area (Å²) in [6, 6.07) is -0.719. The molecule has 0 saturated carbocycles. The van der Waals surface area contributed by atoms with Crippen LogP contribution in [0.2, 0.25) is 0 Å². The molecule has 110 valence electrons. The van der Waals surface area contributed by atoms with Gasteiger partial charge in [0.2, 0.25) is 10.0 Å². The van der Waals surface area contributed by atoms with Gasteiger partial charge >= 0.3 is 0 Å². The molecule has 0 aliphatic heterocycles. The highest BCUT2D eigenvalue weighted by molar-refractivity contribution is 7.89. The minimum Gasteiger partial charge on any atom is -0.395 e. The predicted molar refractivity (Wildman–Crippen MR) is 70.0 cm³/mol. The molecule has 1 unspecified atom stereocenters. The number of nitrogens with zero attached hydrogens (tertiary/aromatic N) is 2. The van der Waals surface area contributed by atoms with Crippen LogP contribution in [-0.2, 0) is 21.3 Å². The molecule has 0 bridgehead atoms. The first kappa shape index (κ1) is 15.9. The fourth-order valence-electron chi connectivity index (χ4n) is 1.58. The first-order valence-electron chi connectivity index (χ1n) is 5.89. The lowest BCUT2D eigenvalue weighted by atomic mass is 10.4. The molecular formula is C10H20N4O4S. The molecule has 1 aromatic heterocycles. The molecule has 9 heteroatoms. The van der Waals surface area contributed by atoms with Crippen LogP contribution in [0.1, 0.15) is 13.3 Å². The molecule has 0 aromatic carbocycles. The molecule has 4 N–H and O–H groups in total. The van der Waals surface area contributed by atoms with E-state index in [1.165, 1.54) is 18.0 Å². The third kappa shape index (κ3) is 4.16. The summed E-state index contributed by atoms with van der Waals surface area (Å²) in [5.74, 6) is -0.0601. The number of hydrogen-bond acceptors (Lipinski definition) is 6. The van der Waals surface area contributed by atoms with Crippen LogP contribution in [0.4, 0.5) is 5.82 Å². The third-order valence-corrected chi connectivity index (χ3v) is 3.94. The second-order valence-corrected chi connectivity index (χ2v) is 5.78. The van der Waals surface area contributed by atoms with Gasteiger partial charge in [0.1, 0.15) is 4.90 Å². The standard InChI is InChI=1S/C10H20N4O4S/c1-3-4-14-5-9(10(11)12-14)19(16,17)13-8(6-15)7-18-2/h5,8,13,15H,3-4,6-7H2,1-2H3,(H2,11,12). The van der Waals surface area contributed by atoms with Crippen molar-refractivity contribution in [2.75, 3.05) is 26.1 Å². The van der Waals surface area contributed by atoms with E-state index in [0.717, 1.165) is 6.42 Å². The number of nitrogens with one attached hydrogen (secondary N) is 1. The lowest BCUT2D eigenvalue weighted by Gasteiger charge is -2.14. The number of nitrogens with two attached hydrogens (primary N) is 1. The van der Waals surface area contributed by atoms with Crippen molar-refractivity contribution in [3.8, 4) is 0 Å². The third-order valence-electron chi connectivity index (χ3n) is 2.41. The van der Waals surface area contributed by atoms with E-state index in [2.05, 4.69) is 9.82 Å². The summed E-state index contributed by atoms with van der Waals surface area (Å²) in [7, 11) is -2.40. The maximum Gasteiger partial charge on any atom is 0.246 e. The van der Waals surface area contributed by atoms with Gasteiger partial charge in [0.05, 0.1) is 19.3 Å². The number of nitrogen functional groups attached to an aromatic ring is 1. The minimum atomic E-state index is -3.82. The highest BCUT2D eigenvalue weighted by Crippen LogP contribution is 2.16. The van der Waals surface area contributed by atoms with Crippen molar-refractivity contribution in [2.24, 2.45) is 0 Å². The van der Waals surface area contributed by atoms with Crippen LogP contribution in [-0.4, -0.2) is 49.7 Å². The first-order valence-corrected chi connectivity index (χ1v) is 7.38. The van der Waals surface area contributed by atoms with Gasteiger partial charge in [-0.25, -0.2) is 13.1 Å². The van der Waals surface area contributed by atoms with E-state index in [4.69, 9.17) is 15.6 Å². The van der Waals surface area contributed by atoms with Gasteiger partial charge in [-0.2, -0.15) is 5.10 Å². The SMILES string of the molecule is CCCn1cc(S(=O)(=O)NC(CO)COC)c(N)n1. The zero-order valence-corrected chi connectivity index (χ0v) is 11.9. The van der Waals surface area contributed by atoms with E-state index in [0.29, 0.717) is 6.54 Å². The van der Waals surface area contributed by atoms with E-state index in [1.807, 2.05) is 6.92 Å². The average molecular weight is 292 g/mol. The normalized spacial score (nSPS) is 13.6. The fraction of sp³-hybridized carbons (Fsp3) is 0.700. The summed E-state index contributed by atoms with van der Waals surface area (Å²) >= 11 is 0. The summed E-state index contributed by atoms with van der Waals surface area (Å²) in [5, 5.41) is 13.0. The van der Waals surface area contributed by atoms with Gasteiger partial charge in [0.25, 0.3) is 0 Å². The van der Waals surface area contributed by atoms with Crippen molar-refractivity contribution in [2.45, 2.75) is 30.8 Å². The monoisotopic (exact) mass is 292 g/mol. The van der Waals surface area contributed by atoms with Gasteiger partial charge in [-0.1, -0.05) is 6.92 Å². The number of anilines is 1. The lowest BCUT2D eigenvalue weighted by Crippen LogP contribution is -2.40. The zero-order chi connectivity index (χ0) is 14.5. The topological polar surface area (TPSA) is 119 Å². The summed E-state index contributed by atoms with van der Waals surface area (Å²) in [6.07, 6.45) is 2.19. The molecule has 1 heterocycles. The van der Waals surface area contributed by atoms with Gasteiger partial charge in [-0.3, -0.25) is 4.68 Å². The Kier molecular flexibility index (Phi) is 5.73. The molecule has 0 fully saturated rings. The molecule has 1 atom stereocenters. The molecule has 0 radical (unpaired) electrons. The number of rotatable bonds is 8. The quantitative estimate of drug-likeness (QED) is 0.575. The van der Waals surface area contributed by atoms with Crippen LogP contribution in [0.15, 0.2) is 11.1 Å². The number of ether oxygens (including phenoxy) is 1. The number of aliphatic hydroxyl groups excluding tert-OH is 1. The number of sulfonamides is 1. The predicted octanol–water partition coefficient (Wildman–Crippen LogP) is -0.839. The van der Waals surface area contributed by atoms with Crippen LogP contribution in [0.3, 0.4) is 0 Å². The number of hydrogen-bond donors (Lipinski definition) is 3. The Hall–Kier alpha value is -1.16. The molecule has 0 aliphatic rings. The fourth-order valence-corrected chi connectivity index (χ4v) is 2.86. The van der Waals surface area contributed by atoms with Gasteiger partial charge in [0, 0.05) is 19.9 Å². The molecular weight excluding hydrogens is 272 g/mol. The minimum absolute atomic E-state index is 0.0601. The van der Waals surface area contributed by atoms with Crippen molar-refractivity contribution in [3.63, 3.8) is 0 Å². The molecule has 0 spiro atoms. The largest absolute Gasteiger partial charge is 0.395 e.